The molecule has 0 aliphatic rings. The number of aromatic nitrogens is 1. The van der Waals surface area contributed by atoms with E-state index in [0.717, 1.165) is 11.3 Å². The highest BCUT2D eigenvalue weighted by atomic mass is 35.5. The average Bonchev–Trinajstić information content (AvgIpc) is 2.49. The Labute approximate surface area is 141 Å². The van der Waals surface area contributed by atoms with Gasteiger partial charge in [0.25, 0.3) is 0 Å². The van der Waals surface area contributed by atoms with E-state index in [-0.39, 0.29) is 5.91 Å². The molecule has 0 atom stereocenters. The van der Waals surface area contributed by atoms with Crippen LogP contribution in [0.3, 0.4) is 0 Å². The van der Waals surface area contributed by atoms with Gasteiger partial charge in [-0.1, -0.05) is 50.6 Å². The molecule has 122 valence electrons. The minimum atomic E-state index is -0.456. The lowest BCUT2D eigenvalue weighted by Gasteiger charge is -2.17. The molecule has 0 aliphatic carbocycles. The van der Waals surface area contributed by atoms with E-state index in [1.165, 1.54) is 0 Å². The molecule has 4 nitrogen and oxygen atoms in total. The summed E-state index contributed by atoms with van der Waals surface area (Å²) in [6.45, 7) is 6.45. The minimum Gasteiger partial charge on any atom is -0.370 e. The second-order valence-corrected chi connectivity index (χ2v) is 6.77. The van der Waals surface area contributed by atoms with Crippen LogP contribution < -0.4 is 5.32 Å². The van der Waals surface area contributed by atoms with Crippen LogP contribution in [-0.2, 0) is 22.7 Å². The highest BCUT2D eigenvalue weighted by Gasteiger charge is 2.21. The predicted molar refractivity (Wildman–Crippen MR) is 92.3 cm³/mol. The molecule has 0 saturated heterocycles. The zero-order chi connectivity index (χ0) is 16.9. The lowest BCUT2D eigenvalue weighted by Crippen LogP contribution is -2.28. The van der Waals surface area contributed by atoms with Crippen molar-refractivity contribution in [3.05, 3.63) is 58.7 Å². The first-order chi connectivity index (χ1) is 10.8. The van der Waals surface area contributed by atoms with E-state index in [1.54, 1.807) is 6.07 Å². The first kappa shape index (κ1) is 17.4. The Morgan fingerprint density at radius 2 is 1.83 bits per heavy atom. The molecule has 0 fully saturated rings. The SMILES string of the molecule is CC(C)(C)C(=O)Nc1cccc(COCc2ccc(Cl)cc2)n1. The molecule has 1 aromatic heterocycles. The van der Waals surface area contributed by atoms with Gasteiger partial charge in [0.2, 0.25) is 5.91 Å². The summed E-state index contributed by atoms with van der Waals surface area (Å²) in [6.07, 6.45) is 0. The number of ether oxygens (including phenoxy) is 1. The number of benzene rings is 1. The lowest BCUT2D eigenvalue weighted by atomic mass is 9.96. The molecule has 2 rings (SSSR count). The van der Waals surface area contributed by atoms with Gasteiger partial charge in [-0.05, 0) is 29.8 Å². The Morgan fingerprint density at radius 3 is 2.48 bits per heavy atom. The van der Waals surface area contributed by atoms with E-state index >= 15 is 0 Å². The fraction of sp³-hybridized carbons (Fsp3) is 0.333. The van der Waals surface area contributed by atoms with Crippen LogP contribution in [0.2, 0.25) is 5.02 Å². The minimum absolute atomic E-state index is 0.0655. The number of amides is 1. The van der Waals surface area contributed by atoms with Crippen LogP contribution in [-0.4, -0.2) is 10.9 Å². The normalized spacial score (nSPS) is 11.3. The number of rotatable bonds is 5. The molecule has 0 unspecified atom stereocenters. The van der Waals surface area contributed by atoms with Gasteiger partial charge in [-0.3, -0.25) is 4.79 Å². The summed E-state index contributed by atoms with van der Waals surface area (Å²) in [5.41, 5.74) is 1.36. The molecular weight excluding hydrogens is 312 g/mol. The number of anilines is 1. The van der Waals surface area contributed by atoms with Crippen molar-refractivity contribution in [3.8, 4) is 0 Å². The van der Waals surface area contributed by atoms with E-state index in [2.05, 4.69) is 10.3 Å². The van der Waals surface area contributed by atoms with Gasteiger partial charge >= 0.3 is 0 Å². The highest BCUT2D eigenvalue weighted by molar-refractivity contribution is 6.30. The summed E-state index contributed by atoms with van der Waals surface area (Å²) in [6, 6.07) is 13.0. The maximum absolute atomic E-state index is 12.0. The predicted octanol–water partition coefficient (Wildman–Crippen LogP) is 4.44. The lowest BCUT2D eigenvalue weighted by molar-refractivity contribution is -0.123. The fourth-order valence-electron chi connectivity index (χ4n) is 1.79. The summed E-state index contributed by atoms with van der Waals surface area (Å²) in [5.74, 6) is 0.474. The summed E-state index contributed by atoms with van der Waals surface area (Å²) in [4.78, 5) is 16.4. The van der Waals surface area contributed by atoms with Gasteiger partial charge in [-0.25, -0.2) is 4.98 Å². The average molecular weight is 333 g/mol. The monoisotopic (exact) mass is 332 g/mol. The molecule has 0 radical (unpaired) electrons. The highest BCUT2D eigenvalue weighted by Crippen LogP contribution is 2.17. The van der Waals surface area contributed by atoms with Crippen molar-refractivity contribution < 1.29 is 9.53 Å². The van der Waals surface area contributed by atoms with E-state index in [0.29, 0.717) is 24.1 Å². The molecule has 5 heteroatoms. The number of halogens is 1. The van der Waals surface area contributed by atoms with E-state index in [1.807, 2.05) is 57.2 Å². The number of nitrogens with zero attached hydrogens (tertiary/aromatic N) is 1. The van der Waals surface area contributed by atoms with Crippen molar-refractivity contribution in [3.63, 3.8) is 0 Å². The molecule has 0 bridgehead atoms. The van der Waals surface area contributed by atoms with Crippen LogP contribution in [0.1, 0.15) is 32.0 Å². The maximum atomic E-state index is 12.0. The Hall–Kier alpha value is -1.91. The first-order valence-corrected chi connectivity index (χ1v) is 7.82. The van der Waals surface area contributed by atoms with Crippen LogP contribution in [0.15, 0.2) is 42.5 Å². The Bertz CT molecular complexity index is 663. The number of hydrogen-bond acceptors (Lipinski definition) is 3. The van der Waals surface area contributed by atoms with Gasteiger partial charge in [-0.2, -0.15) is 0 Å². The number of carbonyl (C=O) groups is 1. The largest absolute Gasteiger partial charge is 0.370 e. The third-order valence-corrected chi connectivity index (χ3v) is 3.41. The second-order valence-electron chi connectivity index (χ2n) is 6.34. The third kappa shape index (κ3) is 5.66. The molecule has 1 heterocycles. The van der Waals surface area contributed by atoms with Gasteiger partial charge in [0.1, 0.15) is 5.82 Å². The van der Waals surface area contributed by atoms with E-state index in [9.17, 15) is 4.79 Å². The van der Waals surface area contributed by atoms with Gasteiger partial charge in [0.15, 0.2) is 0 Å². The molecule has 0 spiro atoms. The van der Waals surface area contributed by atoms with Crippen LogP contribution in [0.25, 0.3) is 0 Å². The standard InChI is InChI=1S/C18H21ClN2O2/c1-18(2,3)17(22)21-16-6-4-5-15(20-16)12-23-11-13-7-9-14(19)10-8-13/h4-10H,11-12H2,1-3H3,(H,20,21,22). The number of hydrogen-bond donors (Lipinski definition) is 1. The molecular formula is C18H21ClN2O2. The Balaban J connectivity index is 1.90. The summed E-state index contributed by atoms with van der Waals surface area (Å²) in [7, 11) is 0. The van der Waals surface area contributed by atoms with Crippen LogP contribution in [0.4, 0.5) is 5.82 Å². The van der Waals surface area contributed by atoms with E-state index < -0.39 is 5.41 Å². The first-order valence-electron chi connectivity index (χ1n) is 7.44. The van der Waals surface area contributed by atoms with Gasteiger partial charge < -0.3 is 10.1 Å². The zero-order valence-electron chi connectivity index (χ0n) is 13.6. The van der Waals surface area contributed by atoms with Crippen LogP contribution in [0.5, 0.6) is 0 Å². The smallest absolute Gasteiger partial charge is 0.230 e. The Morgan fingerprint density at radius 1 is 1.13 bits per heavy atom. The molecule has 2 aromatic rings. The number of pyridine rings is 1. The van der Waals surface area contributed by atoms with Gasteiger partial charge in [-0.15, -0.1) is 0 Å². The summed E-state index contributed by atoms with van der Waals surface area (Å²) >= 11 is 5.85. The molecule has 1 N–H and O–H groups in total. The summed E-state index contributed by atoms with van der Waals surface area (Å²) < 4.78 is 5.65. The zero-order valence-corrected chi connectivity index (χ0v) is 14.4. The number of nitrogens with one attached hydrogen (secondary N) is 1. The van der Waals surface area contributed by atoms with Crippen molar-refractivity contribution in [2.75, 3.05) is 5.32 Å². The number of carbonyl (C=O) groups excluding carboxylic acids is 1. The quantitative estimate of drug-likeness (QED) is 0.880. The van der Waals surface area contributed by atoms with Crippen molar-refractivity contribution in [1.29, 1.82) is 0 Å². The van der Waals surface area contributed by atoms with E-state index in [4.69, 9.17) is 16.3 Å². The second kappa shape index (κ2) is 7.57. The fourth-order valence-corrected chi connectivity index (χ4v) is 1.91. The summed E-state index contributed by atoms with van der Waals surface area (Å²) in [5, 5.41) is 3.52. The van der Waals surface area contributed by atoms with Crippen molar-refractivity contribution in [2.45, 2.75) is 34.0 Å². The Kier molecular flexibility index (Phi) is 5.74. The van der Waals surface area contributed by atoms with Crippen molar-refractivity contribution in [2.24, 2.45) is 5.41 Å². The molecule has 0 aliphatic heterocycles. The molecule has 1 amide bonds. The van der Waals surface area contributed by atoms with Crippen LogP contribution >= 0.6 is 11.6 Å². The maximum Gasteiger partial charge on any atom is 0.230 e. The van der Waals surface area contributed by atoms with Gasteiger partial charge in [0, 0.05) is 10.4 Å². The van der Waals surface area contributed by atoms with Crippen LogP contribution in [0, 0.1) is 5.41 Å². The molecule has 0 saturated carbocycles. The third-order valence-electron chi connectivity index (χ3n) is 3.16. The van der Waals surface area contributed by atoms with Crippen molar-refractivity contribution in [1.82, 2.24) is 4.98 Å². The molecule has 23 heavy (non-hydrogen) atoms. The van der Waals surface area contributed by atoms with Gasteiger partial charge in [0.05, 0.1) is 18.9 Å². The topological polar surface area (TPSA) is 51.2 Å². The molecule has 1 aromatic carbocycles. The van der Waals surface area contributed by atoms with Crippen molar-refractivity contribution >= 4 is 23.3 Å².